The summed E-state index contributed by atoms with van der Waals surface area (Å²) in [4.78, 5) is 7.19. The van der Waals surface area contributed by atoms with E-state index in [1.807, 2.05) is 0 Å². The summed E-state index contributed by atoms with van der Waals surface area (Å²) in [6, 6.07) is 4.37. The van der Waals surface area contributed by atoms with Crippen LogP contribution in [-0.2, 0) is 12.8 Å². The van der Waals surface area contributed by atoms with Gasteiger partial charge >= 0.3 is 0 Å². The quantitative estimate of drug-likeness (QED) is 0.828. The highest BCUT2D eigenvalue weighted by Crippen LogP contribution is 2.21. The normalized spacial score (nSPS) is 19.8. The molecule has 4 nitrogen and oxygen atoms in total. The lowest BCUT2D eigenvalue weighted by Gasteiger charge is -2.27. The number of nitrogens with one attached hydrogen (secondary N) is 2. The number of fused-ring (bicyclic) bond motifs is 1. The maximum atomic E-state index is 4.69. The van der Waals surface area contributed by atoms with E-state index in [-0.39, 0.29) is 0 Å². The zero-order valence-corrected chi connectivity index (χ0v) is 10.9. The molecular formula is C14H22N4. The van der Waals surface area contributed by atoms with E-state index >= 15 is 0 Å². The van der Waals surface area contributed by atoms with Crippen LogP contribution in [0.5, 0.6) is 0 Å². The van der Waals surface area contributed by atoms with Crippen LogP contribution in [0.2, 0.25) is 0 Å². The van der Waals surface area contributed by atoms with E-state index in [0.29, 0.717) is 0 Å². The molecule has 0 aromatic carbocycles. The Balaban J connectivity index is 1.48. The molecule has 98 valence electrons. The largest absolute Gasteiger partial charge is 0.369 e. The van der Waals surface area contributed by atoms with E-state index in [4.69, 9.17) is 4.98 Å². The topological polar surface area (TPSA) is 40.2 Å². The number of aromatic nitrogens is 1. The molecule has 1 aliphatic heterocycles. The maximum Gasteiger partial charge on any atom is 0.126 e. The molecule has 0 unspecified atom stereocenters. The van der Waals surface area contributed by atoms with E-state index in [1.165, 1.54) is 37.2 Å². The summed E-state index contributed by atoms with van der Waals surface area (Å²) in [5.41, 5.74) is 2.75. The Kier molecular flexibility index (Phi) is 3.76. The fourth-order valence-electron chi connectivity index (χ4n) is 2.80. The Labute approximate surface area is 109 Å². The summed E-state index contributed by atoms with van der Waals surface area (Å²) in [6.07, 6.45) is 3.64. The zero-order chi connectivity index (χ0) is 12.2. The highest BCUT2D eigenvalue weighted by atomic mass is 15.2. The van der Waals surface area contributed by atoms with Crippen LogP contribution in [0.3, 0.4) is 0 Å². The van der Waals surface area contributed by atoms with Crippen molar-refractivity contribution < 1.29 is 0 Å². The summed E-state index contributed by atoms with van der Waals surface area (Å²) in [5, 5.41) is 6.83. The third kappa shape index (κ3) is 2.82. The minimum Gasteiger partial charge on any atom is -0.369 e. The van der Waals surface area contributed by atoms with Crippen LogP contribution < -0.4 is 10.6 Å². The number of piperazine rings is 1. The summed E-state index contributed by atoms with van der Waals surface area (Å²) in [5.74, 6) is 1.05. The molecule has 2 N–H and O–H groups in total. The van der Waals surface area contributed by atoms with Crippen molar-refractivity contribution in [1.29, 1.82) is 0 Å². The Hall–Kier alpha value is -1.13. The van der Waals surface area contributed by atoms with Crippen LogP contribution in [0.4, 0.5) is 5.82 Å². The first-order valence-electron chi connectivity index (χ1n) is 7.07. The van der Waals surface area contributed by atoms with Gasteiger partial charge in [-0.1, -0.05) is 6.07 Å². The Bertz CT molecular complexity index is 399. The molecule has 0 atom stereocenters. The second-order valence-corrected chi connectivity index (χ2v) is 5.17. The number of hydrogen-bond acceptors (Lipinski definition) is 4. The van der Waals surface area contributed by atoms with Gasteiger partial charge in [-0.05, 0) is 30.9 Å². The van der Waals surface area contributed by atoms with Crippen molar-refractivity contribution >= 4 is 5.82 Å². The van der Waals surface area contributed by atoms with Crippen LogP contribution in [0.25, 0.3) is 0 Å². The van der Waals surface area contributed by atoms with Gasteiger partial charge in [0.05, 0.1) is 0 Å². The van der Waals surface area contributed by atoms with Gasteiger partial charge in [0.25, 0.3) is 0 Å². The predicted octanol–water partition coefficient (Wildman–Crippen LogP) is 0.887. The van der Waals surface area contributed by atoms with E-state index < -0.39 is 0 Å². The van der Waals surface area contributed by atoms with Gasteiger partial charge in [0.2, 0.25) is 0 Å². The van der Waals surface area contributed by atoms with Crippen molar-refractivity contribution in [3.05, 3.63) is 23.4 Å². The summed E-state index contributed by atoms with van der Waals surface area (Å²) in [6.45, 7) is 6.68. The predicted molar refractivity (Wildman–Crippen MR) is 74.1 cm³/mol. The SMILES string of the molecule is c1cc2c(nc1NCCN1CCNCC1)CCC2. The highest BCUT2D eigenvalue weighted by molar-refractivity contribution is 5.40. The van der Waals surface area contributed by atoms with Gasteiger partial charge in [0.15, 0.2) is 0 Å². The third-order valence-electron chi connectivity index (χ3n) is 3.87. The molecule has 1 aromatic heterocycles. The monoisotopic (exact) mass is 246 g/mol. The molecule has 0 bridgehead atoms. The number of aryl methyl sites for hydroxylation is 2. The van der Waals surface area contributed by atoms with Gasteiger partial charge < -0.3 is 10.6 Å². The summed E-state index contributed by atoms with van der Waals surface area (Å²) >= 11 is 0. The molecule has 0 radical (unpaired) electrons. The van der Waals surface area contributed by atoms with Crippen molar-refractivity contribution in [3.63, 3.8) is 0 Å². The molecule has 4 heteroatoms. The fraction of sp³-hybridized carbons (Fsp3) is 0.643. The van der Waals surface area contributed by atoms with Gasteiger partial charge in [-0.25, -0.2) is 4.98 Å². The first-order chi connectivity index (χ1) is 8.92. The van der Waals surface area contributed by atoms with Gasteiger partial charge in [-0.2, -0.15) is 0 Å². The second kappa shape index (κ2) is 5.67. The molecule has 2 heterocycles. The van der Waals surface area contributed by atoms with Crippen molar-refractivity contribution in [2.45, 2.75) is 19.3 Å². The van der Waals surface area contributed by atoms with E-state index in [0.717, 1.165) is 38.4 Å². The summed E-state index contributed by atoms with van der Waals surface area (Å²) < 4.78 is 0. The van der Waals surface area contributed by atoms with Gasteiger partial charge in [0.1, 0.15) is 5.82 Å². The maximum absolute atomic E-state index is 4.69. The number of hydrogen-bond donors (Lipinski definition) is 2. The average molecular weight is 246 g/mol. The molecule has 0 amide bonds. The summed E-state index contributed by atoms with van der Waals surface area (Å²) in [7, 11) is 0. The zero-order valence-electron chi connectivity index (χ0n) is 10.9. The lowest BCUT2D eigenvalue weighted by atomic mass is 10.2. The van der Waals surface area contributed by atoms with Gasteiger partial charge in [-0.15, -0.1) is 0 Å². The first-order valence-corrected chi connectivity index (χ1v) is 7.07. The van der Waals surface area contributed by atoms with Crippen LogP contribution in [0, 0.1) is 0 Å². The molecule has 1 aliphatic carbocycles. The molecule has 0 spiro atoms. The second-order valence-electron chi connectivity index (χ2n) is 5.17. The van der Waals surface area contributed by atoms with Crippen molar-refractivity contribution in [2.24, 2.45) is 0 Å². The van der Waals surface area contributed by atoms with Crippen LogP contribution in [0.15, 0.2) is 12.1 Å². The number of rotatable bonds is 4. The van der Waals surface area contributed by atoms with E-state index in [1.54, 1.807) is 0 Å². The molecule has 1 aromatic rings. The van der Waals surface area contributed by atoms with Crippen molar-refractivity contribution in [2.75, 3.05) is 44.6 Å². The Morgan fingerprint density at radius 2 is 2.11 bits per heavy atom. The fourth-order valence-corrected chi connectivity index (χ4v) is 2.80. The first kappa shape index (κ1) is 11.9. The smallest absolute Gasteiger partial charge is 0.126 e. The molecule has 18 heavy (non-hydrogen) atoms. The Morgan fingerprint density at radius 1 is 1.22 bits per heavy atom. The standard InChI is InChI=1S/C14H22N4/c1-2-12-4-5-14(17-13(12)3-1)16-8-11-18-9-6-15-7-10-18/h4-5,15H,1-3,6-11H2,(H,16,17). The average Bonchev–Trinajstić information content (AvgIpc) is 2.87. The minimum atomic E-state index is 0.992. The van der Waals surface area contributed by atoms with E-state index in [9.17, 15) is 0 Å². The lowest BCUT2D eigenvalue weighted by Crippen LogP contribution is -2.45. The Morgan fingerprint density at radius 3 is 3.00 bits per heavy atom. The van der Waals surface area contributed by atoms with Crippen molar-refractivity contribution in [1.82, 2.24) is 15.2 Å². The molecule has 1 fully saturated rings. The minimum absolute atomic E-state index is 0.992. The van der Waals surface area contributed by atoms with Crippen LogP contribution in [0.1, 0.15) is 17.7 Å². The molecule has 1 saturated heterocycles. The molecule has 0 saturated carbocycles. The lowest BCUT2D eigenvalue weighted by molar-refractivity contribution is 0.249. The number of pyridine rings is 1. The molecule has 3 rings (SSSR count). The third-order valence-corrected chi connectivity index (χ3v) is 3.87. The number of nitrogens with zero attached hydrogens (tertiary/aromatic N) is 2. The van der Waals surface area contributed by atoms with Gasteiger partial charge in [0, 0.05) is 45.0 Å². The van der Waals surface area contributed by atoms with Crippen LogP contribution in [-0.4, -0.2) is 49.2 Å². The highest BCUT2D eigenvalue weighted by Gasteiger charge is 2.12. The van der Waals surface area contributed by atoms with Crippen molar-refractivity contribution in [3.8, 4) is 0 Å². The van der Waals surface area contributed by atoms with Crippen LogP contribution >= 0.6 is 0 Å². The van der Waals surface area contributed by atoms with E-state index in [2.05, 4.69) is 27.7 Å². The molecular weight excluding hydrogens is 224 g/mol. The molecule has 2 aliphatic rings. The number of anilines is 1. The van der Waals surface area contributed by atoms with Gasteiger partial charge in [-0.3, -0.25) is 4.90 Å².